The van der Waals surface area contributed by atoms with E-state index >= 15 is 0 Å². The van der Waals surface area contributed by atoms with Gasteiger partial charge in [-0.05, 0) is 12.1 Å². The topological polar surface area (TPSA) is 78.6 Å². The molecule has 0 aliphatic rings. The molecule has 0 saturated heterocycles. The first-order chi connectivity index (χ1) is 9.28. The van der Waals surface area contributed by atoms with Gasteiger partial charge in [0, 0.05) is 6.20 Å². The minimum atomic E-state index is 0.371. The molecule has 0 aliphatic carbocycles. The van der Waals surface area contributed by atoms with E-state index in [1.807, 2.05) is 18.2 Å². The Morgan fingerprint density at radius 1 is 1.26 bits per heavy atom. The highest BCUT2D eigenvalue weighted by atomic mass is 32.1. The molecular weight excluding hydrogens is 266 g/mol. The summed E-state index contributed by atoms with van der Waals surface area (Å²) in [5.74, 6) is 7.10. The van der Waals surface area contributed by atoms with E-state index in [0.29, 0.717) is 29.0 Å². The van der Waals surface area contributed by atoms with Crippen LogP contribution in [0.25, 0.3) is 0 Å². The average Bonchev–Trinajstić information content (AvgIpc) is 2.92. The Kier molecular flexibility index (Phi) is 4.43. The smallest absolute Gasteiger partial charge is 0.203 e. The van der Waals surface area contributed by atoms with Crippen LogP contribution in [0.4, 0.5) is 5.13 Å². The number of nitrogens with one attached hydrogen (secondary N) is 1. The van der Waals surface area contributed by atoms with Crippen molar-refractivity contribution in [2.45, 2.75) is 6.61 Å². The Morgan fingerprint density at radius 3 is 2.47 bits per heavy atom. The van der Waals surface area contributed by atoms with E-state index in [2.05, 4.69) is 10.4 Å². The van der Waals surface area contributed by atoms with Crippen LogP contribution in [0.3, 0.4) is 0 Å². The van der Waals surface area contributed by atoms with Crippen molar-refractivity contribution >= 4 is 16.5 Å². The highest BCUT2D eigenvalue weighted by Crippen LogP contribution is 2.37. The molecule has 0 unspecified atom stereocenters. The second-order valence-corrected chi connectivity index (χ2v) is 4.67. The van der Waals surface area contributed by atoms with Crippen LogP contribution in [-0.4, -0.2) is 19.2 Å². The molecule has 1 aromatic heterocycles. The van der Waals surface area contributed by atoms with Gasteiger partial charge in [0.15, 0.2) is 16.6 Å². The summed E-state index contributed by atoms with van der Waals surface area (Å²) in [6.07, 6.45) is 1.71. The number of nitrogens with two attached hydrogens (primary N) is 1. The summed E-state index contributed by atoms with van der Waals surface area (Å²) in [6.45, 7) is 0.371. The number of benzene rings is 1. The molecule has 0 atom stereocenters. The van der Waals surface area contributed by atoms with E-state index in [9.17, 15) is 0 Å². The Balaban J connectivity index is 2.13. The molecule has 0 radical (unpaired) electrons. The van der Waals surface area contributed by atoms with E-state index in [0.717, 1.165) is 4.88 Å². The van der Waals surface area contributed by atoms with Crippen molar-refractivity contribution < 1.29 is 14.2 Å². The standard InChI is InChI=1S/C12H15N3O3S/c1-16-9-4-3-5-10(17-2)11(9)18-7-8-6-14-12(15-13)19-8/h3-6H,7,13H2,1-2H3,(H,14,15). The van der Waals surface area contributed by atoms with Crippen molar-refractivity contribution in [2.75, 3.05) is 19.6 Å². The molecule has 7 heteroatoms. The Morgan fingerprint density at radius 2 is 1.95 bits per heavy atom. The monoisotopic (exact) mass is 281 g/mol. The van der Waals surface area contributed by atoms with E-state index in [1.165, 1.54) is 11.3 Å². The fourth-order valence-corrected chi connectivity index (χ4v) is 2.18. The van der Waals surface area contributed by atoms with E-state index in [4.69, 9.17) is 20.1 Å². The first-order valence-corrected chi connectivity index (χ1v) is 6.35. The highest BCUT2D eigenvalue weighted by Gasteiger charge is 2.12. The average molecular weight is 281 g/mol. The summed E-state index contributed by atoms with van der Waals surface area (Å²) >= 11 is 1.43. The molecule has 0 spiro atoms. The second kappa shape index (κ2) is 6.26. The van der Waals surface area contributed by atoms with Gasteiger partial charge in [0.25, 0.3) is 0 Å². The molecule has 2 rings (SSSR count). The molecule has 1 heterocycles. The third kappa shape index (κ3) is 3.07. The van der Waals surface area contributed by atoms with Gasteiger partial charge >= 0.3 is 0 Å². The van der Waals surface area contributed by atoms with Crippen LogP contribution < -0.4 is 25.5 Å². The molecule has 0 bridgehead atoms. The first kappa shape index (κ1) is 13.4. The Bertz CT molecular complexity index is 523. The zero-order valence-electron chi connectivity index (χ0n) is 10.7. The molecule has 102 valence electrons. The molecule has 2 aromatic rings. The zero-order valence-corrected chi connectivity index (χ0v) is 11.5. The van der Waals surface area contributed by atoms with Gasteiger partial charge in [-0.2, -0.15) is 0 Å². The lowest BCUT2D eigenvalue weighted by molar-refractivity contribution is 0.268. The largest absolute Gasteiger partial charge is 0.493 e. The number of rotatable bonds is 6. The second-order valence-electron chi connectivity index (χ2n) is 3.56. The molecular formula is C12H15N3O3S. The third-order valence-corrected chi connectivity index (χ3v) is 3.32. The number of methoxy groups -OCH3 is 2. The summed E-state index contributed by atoms with van der Waals surface area (Å²) in [5.41, 5.74) is 2.49. The highest BCUT2D eigenvalue weighted by molar-refractivity contribution is 7.15. The number of nitrogen functional groups attached to an aromatic ring is 1. The first-order valence-electron chi connectivity index (χ1n) is 5.53. The van der Waals surface area contributed by atoms with Crippen LogP contribution in [0.1, 0.15) is 4.88 Å². The van der Waals surface area contributed by atoms with Crippen molar-refractivity contribution in [1.29, 1.82) is 0 Å². The van der Waals surface area contributed by atoms with Crippen LogP contribution >= 0.6 is 11.3 Å². The van der Waals surface area contributed by atoms with Crippen molar-refractivity contribution in [3.05, 3.63) is 29.3 Å². The fourth-order valence-electron chi connectivity index (χ4n) is 1.54. The summed E-state index contributed by atoms with van der Waals surface area (Å²) in [7, 11) is 3.18. The van der Waals surface area contributed by atoms with Gasteiger partial charge in [0.1, 0.15) is 6.61 Å². The molecule has 19 heavy (non-hydrogen) atoms. The lowest BCUT2D eigenvalue weighted by Crippen LogP contribution is -2.05. The molecule has 6 nitrogen and oxygen atoms in total. The van der Waals surface area contributed by atoms with E-state index in [-0.39, 0.29) is 0 Å². The lowest BCUT2D eigenvalue weighted by atomic mass is 10.3. The van der Waals surface area contributed by atoms with Gasteiger partial charge < -0.3 is 14.2 Å². The predicted octanol–water partition coefficient (Wildman–Crippen LogP) is 2.02. The van der Waals surface area contributed by atoms with Gasteiger partial charge in [0.2, 0.25) is 5.75 Å². The molecule has 3 N–H and O–H groups in total. The normalized spacial score (nSPS) is 10.1. The molecule has 1 aromatic carbocycles. The number of para-hydroxylation sites is 1. The van der Waals surface area contributed by atoms with Gasteiger partial charge in [-0.25, -0.2) is 10.8 Å². The van der Waals surface area contributed by atoms with Crippen LogP contribution in [-0.2, 0) is 6.61 Å². The maximum absolute atomic E-state index is 5.75. The van der Waals surface area contributed by atoms with Gasteiger partial charge in [0.05, 0.1) is 19.1 Å². The van der Waals surface area contributed by atoms with Gasteiger partial charge in [-0.1, -0.05) is 17.4 Å². The number of thiazole rings is 1. The summed E-state index contributed by atoms with van der Waals surface area (Å²) < 4.78 is 16.3. The van der Waals surface area contributed by atoms with E-state index in [1.54, 1.807) is 20.4 Å². The number of aromatic nitrogens is 1. The van der Waals surface area contributed by atoms with E-state index < -0.39 is 0 Å². The minimum absolute atomic E-state index is 0.371. The molecule has 0 saturated carbocycles. The van der Waals surface area contributed by atoms with Crippen molar-refractivity contribution in [2.24, 2.45) is 5.84 Å². The number of hydrogen-bond donors (Lipinski definition) is 2. The molecule has 0 aliphatic heterocycles. The summed E-state index contributed by atoms with van der Waals surface area (Å²) in [6, 6.07) is 5.47. The zero-order chi connectivity index (χ0) is 13.7. The van der Waals surface area contributed by atoms with Crippen LogP contribution in [0.2, 0.25) is 0 Å². The number of ether oxygens (including phenoxy) is 3. The third-order valence-electron chi connectivity index (χ3n) is 2.42. The lowest BCUT2D eigenvalue weighted by Gasteiger charge is -2.13. The summed E-state index contributed by atoms with van der Waals surface area (Å²) in [4.78, 5) is 5.02. The number of anilines is 1. The minimum Gasteiger partial charge on any atom is -0.493 e. The van der Waals surface area contributed by atoms with Crippen molar-refractivity contribution in [3.8, 4) is 17.2 Å². The predicted molar refractivity (Wildman–Crippen MR) is 73.8 cm³/mol. The molecule has 0 amide bonds. The quantitative estimate of drug-likeness (QED) is 0.623. The van der Waals surface area contributed by atoms with Crippen molar-refractivity contribution in [1.82, 2.24) is 4.98 Å². The molecule has 0 fully saturated rings. The van der Waals surface area contributed by atoms with Gasteiger partial charge in [-0.3, -0.25) is 5.43 Å². The fraction of sp³-hybridized carbons (Fsp3) is 0.250. The van der Waals surface area contributed by atoms with Crippen LogP contribution in [0.15, 0.2) is 24.4 Å². The maximum atomic E-state index is 5.75. The maximum Gasteiger partial charge on any atom is 0.203 e. The number of hydrogen-bond acceptors (Lipinski definition) is 7. The Labute approximate surface area is 115 Å². The number of nitrogens with zero attached hydrogens (tertiary/aromatic N) is 1. The summed E-state index contributed by atoms with van der Waals surface area (Å²) in [5, 5.41) is 0.644. The van der Waals surface area contributed by atoms with Gasteiger partial charge in [-0.15, -0.1) is 0 Å². The Hall–Kier alpha value is -1.99. The van der Waals surface area contributed by atoms with Crippen LogP contribution in [0.5, 0.6) is 17.2 Å². The van der Waals surface area contributed by atoms with Crippen molar-refractivity contribution in [3.63, 3.8) is 0 Å². The van der Waals surface area contributed by atoms with Crippen LogP contribution in [0, 0.1) is 0 Å². The number of hydrazine groups is 1. The SMILES string of the molecule is COc1cccc(OC)c1OCc1cnc(NN)s1.